The number of nitrogens with zero attached hydrogens (tertiary/aromatic N) is 1. The number of methoxy groups -OCH3 is 1. The Morgan fingerprint density at radius 3 is 2.68 bits per heavy atom. The second-order valence-corrected chi connectivity index (χ2v) is 5.75. The highest BCUT2D eigenvalue weighted by Gasteiger charge is 2.12. The molecule has 0 saturated carbocycles. The van der Waals surface area contributed by atoms with Crippen LogP contribution in [0.2, 0.25) is 5.02 Å². The molecular formula is C18H20ClN3O3. The third kappa shape index (κ3) is 5.19. The molecule has 0 fully saturated rings. The van der Waals surface area contributed by atoms with Crippen LogP contribution >= 0.6 is 11.6 Å². The second kappa shape index (κ2) is 9.03. The molecule has 2 aromatic rings. The first-order valence-corrected chi connectivity index (χ1v) is 8.32. The van der Waals surface area contributed by atoms with E-state index in [1.165, 1.54) is 19.4 Å². The van der Waals surface area contributed by atoms with Crippen molar-refractivity contribution in [2.75, 3.05) is 19.0 Å². The summed E-state index contributed by atoms with van der Waals surface area (Å²) in [5.41, 5.74) is 1.07. The SMILES string of the molecule is CCCCNC(=O)c1cc(C(=O)Nc2ccc(OC)c(Cl)c2)ccn1. The number of anilines is 1. The minimum absolute atomic E-state index is 0.205. The van der Waals surface area contributed by atoms with Crippen molar-refractivity contribution in [2.45, 2.75) is 19.8 Å². The topological polar surface area (TPSA) is 80.3 Å². The van der Waals surface area contributed by atoms with E-state index in [1.54, 1.807) is 24.3 Å². The number of hydrogen-bond acceptors (Lipinski definition) is 4. The molecule has 0 bridgehead atoms. The Kier molecular flexibility index (Phi) is 6.77. The molecule has 7 heteroatoms. The number of ether oxygens (including phenoxy) is 1. The zero-order valence-corrected chi connectivity index (χ0v) is 14.9. The molecule has 25 heavy (non-hydrogen) atoms. The molecule has 6 nitrogen and oxygen atoms in total. The molecule has 0 unspecified atom stereocenters. The fraction of sp³-hybridized carbons (Fsp3) is 0.278. The van der Waals surface area contributed by atoms with Gasteiger partial charge in [-0.15, -0.1) is 0 Å². The number of halogens is 1. The lowest BCUT2D eigenvalue weighted by atomic mass is 10.2. The number of benzene rings is 1. The molecule has 1 aromatic carbocycles. The highest BCUT2D eigenvalue weighted by molar-refractivity contribution is 6.32. The van der Waals surface area contributed by atoms with E-state index in [0.717, 1.165) is 12.8 Å². The van der Waals surface area contributed by atoms with E-state index >= 15 is 0 Å². The number of rotatable bonds is 7. The van der Waals surface area contributed by atoms with Gasteiger partial charge in [0.05, 0.1) is 12.1 Å². The predicted molar refractivity (Wildman–Crippen MR) is 97.4 cm³/mol. The minimum Gasteiger partial charge on any atom is -0.495 e. The second-order valence-electron chi connectivity index (χ2n) is 5.34. The molecule has 132 valence electrons. The van der Waals surface area contributed by atoms with Crippen LogP contribution in [0.4, 0.5) is 5.69 Å². The maximum atomic E-state index is 12.4. The smallest absolute Gasteiger partial charge is 0.269 e. The van der Waals surface area contributed by atoms with Crippen molar-refractivity contribution >= 4 is 29.1 Å². The van der Waals surface area contributed by atoms with Gasteiger partial charge >= 0.3 is 0 Å². The van der Waals surface area contributed by atoms with Crippen molar-refractivity contribution in [3.05, 3.63) is 52.8 Å². The molecule has 2 rings (SSSR count). The summed E-state index contributed by atoms with van der Waals surface area (Å²) in [6.45, 7) is 2.62. The number of pyridine rings is 1. The number of amides is 2. The largest absolute Gasteiger partial charge is 0.495 e. The van der Waals surface area contributed by atoms with Crippen molar-refractivity contribution in [3.8, 4) is 5.75 Å². The number of hydrogen-bond donors (Lipinski definition) is 2. The molecule has 0 spiro atoms. The van der Waals surface area contributed by atoms with Crippen LogP contribution < -0.4 is 15.4 Å². The third-order valence-corrected chi connectivity index (χ3v) is 3.78. The lowest BCUT2D eigenvalue weighted by Gasteiger charge is -2.09. The van der Waals surface area contributed by atoms with Gasteiger partial charge in [0, 0.05) is 24.0 Å². The summed E-state index contributed by atoms with van der Waals surface area (Å²) in [5.74, 6) is -0.128. The molecule has 0 saturated heterocycles. The quantitative estimate of drug-likeness (QED) is 0.739. The van der Waals surface area contributed by atoms with E-state index in [0.29, 0.717) is 28.6 Å². The van der Waals surface area contributed by atoms with Crippen LogP contribution in [-0.4, -0.2) is 30.5 Å². The molecule has 1 aromatic heterocycles. The summed E-state index contributed by atoms with van der Waals surface area (Å²) < 4.78 is 5.07. The molecule has 0 atom stereocenters. The van der Waals surface area contributed by atoms with Gasteiger partial charge in [0.2, 0.25) is 0 Å². The molecule has 0 radical (unpaired) electrons. The van der Waals surface area contributed by atoms with Gasteiger partial charge in [-0.2, -0.15) is 0 Å². The Labute approximate surface area is 151 Å². The van der Waals surface area contributed by atoms with Crippen LogP contribution in [-0.2, 0) is 0 Å². The summed E-state index contributed by atoms with van der Waals surface area (Å²) in [7, 11) is 1.52. The zero-order valence-electron chi connectivity index (χ0n) is 14.1. The van der Waals surface area contributed by atoms with Crippen LogP contribution in [0, 0.1) is 0 Å². The first-order valence-electron chi connectivity index (χ1n) is 7.94. The Morgan fingerprint density at radius 1 is 1.20 bits per heavy atom. The van der Waals surface area contributed by atoms with E-state index in [9.17, 15) is 9.59 Å². The third-order valence-electron chi connectivity index (χ3n) is 3.48. The Balaban J connectivity index is 2.08. The number of unbranched alkanes of at least 4 members (excludes halogenated alkanes) is 1. The van der Waals surface area contributed by atoms with Crippen LogP contribution in [0.25, 0.3) is 0 Å². The van der Waals surface area contributed by atoms with Gasteiger partial charge in [-0.3, -0.25) is 14.6 Å². The van der Waals surface area contributed by atoms with Crippen molar-refractivity contribution in [1.29, 1.82) is 0 Å². The molecule has 0 aliphatic carbocycles. The van der Waals surface area contributed by atoms with Crippen molar-refractivity contribution in [3.63, 3.8) is 0 Å². The van der Waals surface area contributed by atoms with Crippen LogP contribution in [0.3, 0.4) is 0 Å². The molecular weight excluding hydrogens is 342 g/mol. The Morgan fingerprint density at radius 2 is 2.00 bits per heavy atom. The van der Waals surface area contributed by atoms with Crippen LogP contribution in [0.5, 0.6) is 5.75 Å². The van der Waals surface area contributed by atoms with Crippen LogP contribution in [0.1, 0.15) is 40.6 Å². The average Bonchev–Trinajstić information content (AvgIpc) is 2.62. The van der Waals surface area contributed by atoms with E-state index in [1.807, 2.05) is 6.92 Å². The van der Waals surface area contributed by atoms with Gasteiger partial charge in [0.15, 0.2) is 0 Å². The molecule has 2 N–H and O–H groups in total. The maximum Gasteiger partial charge on any atom is 0.269 e. The summed E-state index contributed by atoms with van der Waals surface area (Å²) >= 11 is 6.05. The normalized spacial score (nSPS) is 10.2. The van der Waals surface area contributed by atoms with Crippen molar-refractivity contribution in [1.82, 2.24) is 10.3 Å². The molecule has 0 aliphatic heterocycles. The Hall–Kier alpha value is -2.60. The summed E-state index contributed by atoms with van der Waals surface area (Å²) in [6, 6.07) is 7.95. The van der Waals surface area contributed by atoms with Gasteiger partial charge in [-0.05, 0) is 36.8 Å². The van der Waals surface area contributed by atoms with E-state index < -0.39 is 0 Å². The first-order chi connectivity index (χ1) is 12.0. The highest BCUT2D eigenvalue weighted by Crippen LogP contribution is 2.27. The number of nitrogens with one attached hydrogen (secondary N) is 2. The minimum atomic E-state index is -0.355. The standard InChI is InChI=1S/C18H20ClN3O3/c1-3-4-8-21-18(24)15-10-12(7-9-20-15)17(23)22-13-5-6-16(25-2)14(19)11-13/h5-7,9-11H,3-4,8H2,1-2H3,(H,21,24)(H,22,23). The fourth-order valence-corrected chi connectivity index (χ4v) is 2.37. The van der Waals surface area contributed by atoms with E-state index in [4.69, 9.17) is 16.3 Å². The van der Waals surface area contributed by atoms with Crippen molar-refractivity contribution in [2.24, 2.45) is 0 Å². The van der Waals surface area contributed by atoms with Gasteiger partial charge < -0.3 is 15.4 Å². The van der Waals surface area contributed by atoms with Gasteiger partial charge in [0.1, 0.15) is 11.4 Å². The highest BCUT2D eigenvalue weighted by atomic mass is 35.5. The maximum absolute atomic E-state index is 12.4. The van der Waals surface area contributed by atoms with Gasteiger partial charge in [-0.25, -0.2) is 0 Å². The van der Waals surface area contributed by atoms with E-state index in [2.05, 4.69) is 15.6 Å². The monoisotopic (exact) mass is 361 g/mol. The zero-order chi connectivity index (χ0) is 18.2. The van der Waals surface area contributed by atoms with Gasteiger partial charge in [-0.1, -0.05) is 24.9 Å². The number of carbonyl (C=O) groups is 2. The molecule has 0 aliphatic rings. The molecule has 1 heterocycles. The number of aromatic nitrogens is 1. The lowest BCUT2D eigenvalue weighted by molar-refractivity contribution is 0.0948. The first kappa shape index (κ1) is 18.7. The predicted octanol–water partition coefficient (Wildman–Crippen LogP) is 3.53. The summed E-state index contributed by atoms with van der Waals surface area (Å²) in [5, 5.41) is 5.90. The molecule has 2 amide bonds. The fourth-order valence-electron chi connectivity index (χ4n) is 2.11. The Bertz CT molecular complexity index is 765. The number of carbonyl (C=O) groups excluding carboxylic acids is 2. The van der Waals surface area contributed by atoms with Crippen LogP contribution in [0.15, 0.2) is 36.5 Å². The summed E-state index contributed by atoms with van der Waals surface area (Å²) in [4.78, 5) is 28.4. The lowest BCUT2D eigenvalue weighted by Crippen LogP contribution is -2.25. The summed E-state index contributed by atoms with van der Waals surface area (Å²) in [6.07, 6.45) is 3.31. The van der Waals surface area contributed by atoms with Gasteiger partial charge in [0.25, 0.3) is 11.8 Å². The average molecular weight is 362 g/mol. The van der Waals surface area contributed by atoms with Crippen molar-refractivity contribution < 1.29 is 14.3 Å². The van der Waals surface area contributed by atoms with E-state index in [-0.39, 0.29) is 17.5 Å².